The van der Waals surface area contributed by atoms with Gasteiger partial charge in [0.15, 0.2) is 0 Å². The third-order valence-corrected chi connectivity index (χ3v) is 5.29. The van der Waals surface area contributed by atoms with Gasteiger partial charge < -0.3 is 4.74 Å². The van der Waals surface area contributed by atoms with Gasteiger partial charge >= 0.3 is 0 Å². The molecule has 5 nitrogen and oxygen atoms in total. The molecular weight excluding hydrogens is 324 g/mol. The summed E-state index contributed by atoms with van der Waals surface area (Å²) in [5, 5.41) is 1.47. The standard InChI is InChI=1S/C18H18N2O3S/c1-23-16-6-2-4-14(12-16)8-11-20-24(21,22)18-7-3-5-15-13-19-10-9-17(15)18/h2-7,9-10,12-13,20H,8,11H2,1H3. The molecule has 124 valence electrons. The summed E-state index contributed by atoms with van der Waals surface area (Å²) in [7, 11) is -1.97. The van der Waals surface area contributed by atoms with Crippen LogP contribution in [0.3, 0.4) is 0 Å². The maximum atomic E-state index is 12.6. The molecule has 0 bridgehead atoms. The van der Waals surface area contributed by atoms with Gasteiger partial charge in [0.2, 0.25) is 10.0 Å². The molecular formula is C18H18N2O3S. The van der Waals surface area contributed by atoms with Crippen molar-refractivity contribution in [2.24, 2.45) is 0 Å². The number of rotatable bonds is 6. The maximum absolute atomic E-state index is 12.6. The quantitative estimate of drug-likeness (QED) is 0.748. The van der Waals surface area contributed by atoms with Crippen LogP contribution in [0.4, 0.5) is 0 Å². The summed E-state index contributed by atoms with van der Waals surface area (Å²) in [6.45, 7) is 0.316. The molecule has 0 saturated heterocycles. The Kier molecular flexibility index (Phi) is 4.78. The number of sulfonamides is 1. The molecule has 0 saturated carbocycles. The molecule has 24 heavy (non-hydrogen) atoms. The first-order chi connectivity index (χ1) is 11.6. The fourth-order valence-corrected chi connectivity index (χ4v) is 3.82. The van der Waals surface area contributed by atoms with Crippen molar-refractivity contribution in [1.29, 1.82) is 0 Å². The van der Waals surface area contributed by atoms with Crippen LogP contribution in [0.1, 0.15) is 5.56 Å². The first-order valence-electron chi connectivity index (χ1n) is 7.55. The summed E-state index contributed by atoms with van der Waals surface area (Å²) >= 11 is 0. The van der Waals surface area contributed by atoms with Crippen molar-refractivity contribution in [2.45, 2.75) is 11.3 Å². The van der Waals surface area contributed by atoms with E-state index in [0.717, 1.165) is 16.7 Å². The predicted octanol–water partition coefficient (Wildman–Crippen LogP) is 2.76. The lowest BCUT2D eigenvalue weighted by Gasteiger charge is -2.10. The second-order valence-corrected chi connectivity index (χ2v) is 7.09. The van der Waals surface area contributed by atoms with Gasteiger partial charge in [-0.25, -0.2) is 13.1 Å². The van der Waals surface area contributed by atoms with Crippen molar-refractivity contribution in [2.75, 3.05) is 13.7 Å². The summed E-state index contributed by atoms with van der Waals surface area (Å²) in [5.41, 5.74) is 1.01. The van der Waals surface area contributed by atoms with Crippen LogP contribution in [0.5, 0.6) is 5.75 Å². The molecule has 1 N–H and O–H groups in total. The van der Waals surface area contributed by atoms with Crippen LogP contribution < -0.4 is 9.46 Å². The van der Waals surface area contributed by atoms with Gasteiger partial charge in [-0.15, -0.1) is 0 Å². The van der Waals surface area contributed by atoms with Gasteiger partial charge in [-0.2, -0.15) is 0 Å². The van der Waals surface area contributed by atoms with Crippen LogP contribution in [0, 0.1) is 0 Å². The van der Waals surface area contributed by atoms with Gasteiger partial charge in [-0.1, -0.05) is 24.3 Å². The monoisotopic (exact) mass is 342 g/mol. The number of nitrogens with one attached hydrogen (secondary N) is 1. The molecule has 3 rings (SSSR count). The van der Waals surface area contributed by atoms with Crippen LogP contribution >= 0.6 is 0 Å². The number of fused-ring (bicyclic) bond motifs is 1. The summed E-state index contributed by atoms with van der Waals surface area (Å²) in [6.07, 6.45) is 3.84. The van der Waals surface area contributed by atoms with Gasteiger partial charge in [0.05, 0.1) is 12.0 Å². The van der Waals surface area contributed by atoms with E-state index >= 15 is 0 Å². The summed E-state index contributed by atoms with van der Waals surface area (Å²) < 4.78 is 33.0. The van der Waals surface area contributed by atoms with E-state index in [0.29, 0.717) is 18.4 Å². The zero-order valence-corrected chi connectivity index (χ0v) is 14.1. The number of aromatic nitrogens is 1. The molecule has 0 atom stereocenters. The molecule has 0 unspecified atom stereocenters. The first kappa shape index (κ1) is 16.4. The van der Waals surface area contributed by atoms with Gasteiger partial charge in [-0.3, -0.25) is 4.98 Å². The minimum atomic E-state index is -3.58. The zero-order valence-electron chi connectivity index (χ0n) is 13.3. The van der Waals surface area contributed by atoms with Crippen molar-refractivity contribution in [3.05, 3.63) is 66.5 Å². The molecule has 1 heterocycles. The lowest BCUT2D eigenvalue weighted by atomic mass is 10.1. The largest absolute Gasteiger partial charge is 0.497 e. The fraction of sp³-hybridized carbons (Fsp3) is 0.167. The molecule has 1 aromatic heterocycles. The van der Waals surface area contributed by atoms with Gasteiger partial charge in [0.25, 0.3) is 0 Å². The van der Waals surface area contributed by atoms with Gasteiger partial charge in [0.1, 0.15) is 5.75 Å². The molecule has 0 aliphatic heterocycles. The van der Waals surface area contributed by atoms with Crippen LogP contribution in [0.2, 0.25) is 0 Å². The molecule has 0 spiro atoms. The topological polar surface area (TPSA) is 68.3 Å². The number of pyridine rings is 1. The Morgan fingerprint density at radius 1 is 1.12 bits per heavy atom. The summed E-state index contributed by atoms with van der Waals surface area (Å²) in [4.78, 5) is 4.30. The van der Waals surface area contributed by atoms with Crippen molar-refractivity contribution in [1.82, 2.24) is 9.71 Å². The van der Waals surface area contributed by atoms with Crippen molar-refractivity contribution in [3.63, 3.8) is 0 Å². The Balaban J connectivity index is 1.76. The smallest absolute Gasteiger partial charge is 0.241 e. The lowest BCUT2D eigenvalue weighted by molar-refractivity contribution is 0.414. The second-order valence-electron chi connectivity index (χ2n) is 5.35. The van der Waals surface area contributed by atoms with E-state index in [4.69, 9.17) is 4.74 Å². The summed E-state index contributed by atoms with van der Waals surface area (Å²) in [5.74, 6) is 0.761. The molecule has 0 amide bonds. The van der Waals surface area contributed by atoms with E-state index in [1.165, 1.54) is 0 Å². The van der Waals surface area contributed by atoms with Gasteiger partial charge in [0, 0.05) is 29.7 Å². The Bertz CT molecular complexity index is 950. The molecule has 2 aromatic carbocycles. The second kappa shape index (κ2) is 6.98. The Morgan fingerprint density at radius 2 is 1.96 bits per heavy atom. The van der Waals surface area contributed by atoms with E-state index in [1.807, 2.05) is 30.3 Å². The number of hydrogen-bond donors (Lipinski definition) is 1. The van der Waals surface area contributed by atoms with Crippen LogP contribution in [0.25, 0.3) is 10.8 Å². The minimum Gasteiger partial charge on any atom is -0.497 e. The van der Waals surface area contributed by atoms with E-state index in [9.17, 15) is 8.42 Å². The molecule has 0 aliphatic carbocycles. The third kappa shape index (κ3) is 3.55. The highest BCUT2D eigenvalue weighted by molar-refractivity contribution is 7.89. The number of nitrogens with zero attached hydrogens (tertiary/aromatic N) is 1. The molecule has 0 aliphatic rings. The lowest BCUT2D eigenvalue weighted by Crippen LogP contribution is -2.26. The maximum Gasteiger partial charge on any atom is 0.241 e. The van der Waals surface area contributed by atoms with Crippen molar-refractivity contribution in [3.8, 4) is 5.75 Å². The van der Waals surface area contributed by atoms with E-state index < -0.39 is 10.0 Å². The SMILES string of the molecule is COc1cccc(CCNS(=O)(=O)c2cccc3cnccc23)c1. The first-order valence-corrected chi connectivity index (χ1v) is 9.04. The predicted molar refractivity (Wildman–Crippen MR) is 93.6 cm³/mol. The zero-order chi connectivity index (χ0) is 17.0. The van der Waals surface area contributed by atoms with E-state index in [1.54, 1.807) is 37.7 Å². The average Bonchev–Trinajstić information content (AvgIpc) is 2.61. The number of benzene rings is 2. The Morgan fingerprint density at radius 3 is 2.79 bits per heavy atom. The van der Waals surface area contributed by atoms with E-state index in [-0.39, 0.29) is 4.90 Å². The number of hydrogen-bond acceptors (Lipinski definition) is 4. The number of ether oxygens (including phenoxy) is 1. The minimum absolute atomic E-state index is 0.271. The van der Waals surface area contributed by atoms with Crippen molar-refractivity contribution < 1.29 is 13.2 Å². The molecule has 6 heteroatoms. The van der Waals surface area contributed by atoms with Crippen LogP contribution in [-0.4, -0.2) is 27.1 Å². The number of methoxy groups -OCH3 is 1. The highest BCUT2D eigenvalue weighted by atomic mass is 32.2. The Hall–Kier alpha value is -2.44. The molecule has 0 radical (unpaired) electrons. The highest BCUT2D eigenvalue weighted by Gasteiger charge is 2.16. The summed E-state index contributed by atoms with van der Waals surface area (Å²) in [6, 6.07) is 14.5. The third-order valence-electron chi connectivity index (χ3n) is 3.77. The van der Waals surface area contributed by atoms with Gasteiger partial charge in [-0.05, 0) is 36.2 Å². The fourth-order valence-electron chi connectivity index (χ4n) is 2.56. The van der Waals surface area contributed by atoms with Crippen molar-refractivity contribution >= 4 is 20.8 Å². The average molecular weight is 342 g/mol. The Labute approximate surface area is 141 Å². The highest BCUT2D eigenvalue weighted by Crippen LogP contribution is 2.21. The normalized spacial score (nSPS) is 11.5. The van der Waals surface area contributed by atoms with E-state index in [2.05, 4.69) is 9.71 Å². The van der Waals surface area contributed by atoms with Crippen LogP contribution in [-0.2, 0) is 16.4 Å². The molecule has 0 fully saturated rings. The van der Waals surface area contributed by atoms with Crippen LogP contribution in [0.15, 0.2) is 65.8 Å². The molecule has 3 aromatic rings.